The standard InChI is InChI=1S/C14H25N5/c1-17(2)14-15-8-5-13(16-14)19(4)11-12-6-9-18(3)10-7-12/h5,8,12H,6-7,9-11H2,1-4H3. The van der Waals surface area contributed by atoms with Crippen LogP contribution in [0.3, 0.4) is 0 Å². The summed E-state index contributed by atoms with van der Waals surface area (Å²) in [4.78, 5) is 15.4. The molecule has 0 atom stereocenters. The number of rotatable bonds is 4. The number of hydrogen-bond donors (Lipinski definition) is 0. The van der Waals surface area contributed by atoms with Crippen LogP contribution in [0, 0.1) is 5.92 Å². The summed E-state index contributed by atoms with van der Waals surface area (Å²) in [5.41, 5.74) is 0. The molecule has 106 valence electrons. The number of piperidine rings is 1. The van der Waals surface area contributed by atoms with Crippen molar-refractivity contribution in [3.8, 4) is 0 Å². The van der Waals surface area contributed by atoms with Gasteiger partial charge in [0.15, 0.2) is 0 Å². The minimum Gasteiger partial charge on any atom is -0.359 e. The second kappa shape index (κ2) is 6.19. The van der Waals surface area contributed by atoms with Crippen molar-refractivity contribution in [3.63, 3.8) is 0 Å². The Hall–Kier alpha value is -1.36. The number of hydrogen-bond acceptors (Lipinski definition) is 5. The summed E-state index contributed by atoms with van der Waals surface area (Å²) in [6.07, 6.45) is 4.40. The Balaban J connectivity index is 1.95. The molecule has 19 heavy (non-hydrogen) atoms. The van der Waals surface area contributed by atoms with Crippen LogP contribution in [0.25, 0.3) is 0 Å². The fraction of sp³-hybridized carbons (Fsp3) is 0.714. The first kappa shape index (κ1) is 14.1. The molecule has 0 spiro atoms. The van der Waals surface area contributed by atoms with E-state index in [0.29, 0.717) is 0 Å². The Kier molecular flexibility index (Phi) is 4.58. The molecule has 0 saturated carbocycles. The number of aromatic nitrogens is 2. The van der Waals surface area contributed by atoms with Gasteiger partial charge in [-0.3, -0.25) is 0 Å². The molecule has 0 unspecified atom stereocenters. The minimum atomic E-state index is 0.771. The predicted molar refractivity (Wildman–Crippen MR) is 79.9 cm³/mol. The van der Waals surface area contributed by atoms with Crippen molar-refractivity contribution in [2.24, 2.45) is 5.92 Å². The molecule has 0 N–H and O–H groups in total. The first-order valence-electron chi connectivity index (χ1n) is 6.96. The highest BCUT2D eigenvalue weighted by Gasteiger charge is 2.18. The van der Waals surface area contributed by atoms with E-state index in [1.807, 2.05) is 31.3 Å². The van der Waals surface area contributed by atoms with E-state index in [1.54, 1.807) is 0 Å². The average Bonchev–Trinajstić information content (AvgIpc) is 2.41. The molecule has 1 aromatic rings. The molecule has 0 radical (unpaired) electrons. The van der Waals surface area contributed by atoms with Crippen LogP contribution in [-0.4, -0.2) is 62.7 Å². The van der Waals surface area contributed by atoms with E-state index in [-0.39, 0.29) is 0 Å². The Bertz CT molecular complexity index is 399. The highest BCUT2D eigenvalue weighted by atomic mass is 15.3. The Morgan fingerprint density at radius 2 is 1.95 bits per heavy atom. The smallest absolute Gasteiger partial charge is 0.226 e. The first-order chi connectivity index (χ1) is 9.06. The summed E-state index contributed by atoms with van der Waals surface area (Å²) >= 11 is 0. The summed E-state index contributed by atoms with van der Waals surface area (Å²) in [6, 6.07) is 1.99. The molecule has 0 amide bonds. The monoisotopic (exact) mass is 263 g/mol. The van der Waals surface area contributed by atoms with Crippen LogP contribution in [0.4, 0.5) is 11.8 Å². The fourth-order valence-electron chi connectivity index (χ4n) is 2.49. The maximum Gasteiger partial charge on any atom is 0.226 e. The van der Waals surface area contributed by atoms with Crippen LogP contribution in [-0.2, 0) is 0 Å². The van der Waals surface area contributed by atoms with Gasteiger partial charge in [-0.1, -0.05) is 0 Å². The second-order valence-electron chi connectivity index (χ2n) is 5.74. The van der Waals surface area contributed by atoms with Gasteiger partial charge in [0.1, 0.15) is 5.82 Å². The van der Waals surface area contributed by atoms with Gasteiger partial charge in [0.25, 0.3) is 0 Å². The molecule has 5 heteroatoms. The Morgan fingerprint density at radius 3 is 2.58 bits per heavy atom. The van der Waals surface area contributed by atoms with Gasteiger partial charge < -0.3 is 14.7 Å². The maximum atomic E-state index is 4.58. The molecule has 1 aliphatic heterocycles. The summed E-state index contributed by atoms with van der Waals surface area (Å²) in [7, 11) is 8.26. The molecule has 0 bridgehead atoms. The van der Waals surface area contributed by atoms with Crippen molar-refractivity contribution in [1.29, 1.82) is 0 Å². The average molecular weight is 263 g/mol. The van der Waals surface area contributed by atoms with Gasteiger partial charge in [-0.15, -0.1) is 0 Å². The van der Waals surface area contributed by atoms with E-state index in [9.17, 15) is 0 Å². The van der Waals surface area contributed by atoms with E-state index in [1.165, 1.54) is 25.9 Å². The lowest BCUT2D eigenvalue weighted by Gasteiger charge is -2.32. The summed E-state index contributed by atoms with van der Waals surface area (Å²) in [5.74, 6) is 2.56. The van der Waals surface area contributed by atoms with Gasteiger partial charge >= 0.3 is 0 Å². The van der Waals surface area contributed by atoms with Crippen LogP contribution in [0.5, 0.6) is 0 Å². The third-order valence-electron chi connectivity index (χ3n) is 3.79. The third-order valence-corrected chi connectivity index (χ3v) is 3.79. The van der Waals surface area contributed by atoms with Gasteiger partial charge in [0.2, 0.25) is 5.95 Å². The lowest BCUT2D eigenvalue weighted by molar-refractivity contribution is 0.222. The molecular weight excluding hydrogens is 238 g/mol. The fourth-order valence-corrected chi connectivity index (χ4v) is 2.49. The Morgan fingerprint density at radius 1 is 1.26 bits per heavy atom. The number of nitrogens with zero attached hydrogens (tertiary/aromatic N) is 5. The molecule has 2 heterocycles. The van der Waals surface area contributed by atoms with E-state index in [4.69, 9.17) is 0 Å². The second-order valence-corrected chi connectivity index (χ2v) is 5.74. The zero-order valence-corrected chi connectivity index (χ0v) is 12.5. The van der Waals surface area contributed by atoms with Crippen molar-refractivity contribution < 1.29 is 0 Å². The molecule has 5 nitrogen and oxygen atoms in total. The van der Waals surface area contributed by atoms with Gasteiger partial charge in [0, 0.05) is 33.9 Å². The van der Waals surface area contributed by atoms with Gasteiger partial charge in [-0.05, 0) is 45.0 Å². The molecule has 0 aliphatic carbocycles. The summed E-state index contributed by atoms with van der Waals surface area (Å²) in [5, 5.41) is 0. The van der Waals surface area contributed by atoms with Crippen molar-refractivity contribution in [1.82, 2.24) is 14.9 Å². The number of anilines is 2. The molecular formula is C14H25N5. The normalized spacial score (nSPS) is 17.5. The molecule has 1 aromatic heterocycles. The van der Waals surface area contributed by atoms with Gasteiger partial charge in [-0.25, -0.2) is 4.98 Å². The maximum absolute atomic E-state index is 4.58. The van der Waals surface area contributed by atoms with Crippen molar-refractivity contribution in [2.45, 2.75) is 12.8 Å². The quantitative estimate of drug-likeness (QED) is 0.819. The molecule has 1 saturated heterocycles. The molecule has 0 aromatic carbocycles. The van der Waals surface area contributed by atoms with E-state index >= 15 is 0 Å². The lowest BCUT2D eigenvalue weighted by Crippen LogP contribution is -2.36. The van der Waals surface area contributed by atoms with Crippen molar-refractivity contribution in [2.75, 3.05) is 57.6 Å². The van der Waals surface area contributed by atoms with Gasteiger partial charge in [-0.2, -0.15) is 4.98 Å². The summed E-state index contributed by atoms with van der Waals surface area (Å²) in [6.45, 7) is 3.51. The van der Waals surface area contributed by atoms with Crippen molar-refractivity contribution >= 4 is 11.8 Å². The minimum absolute atomic E-state index is 0.771. The van der Waals surface area contributed by atoms with Crippen LogP contribution in [0.1, 0.15) is 12.8 Å². The SMILES string of the molecule is CN1CCC(CN(C)c2ccnc(N(C)C)n2)CC1. The summed E-state index contributed by atoms with van der Waals surface area (Å²) < 4.78 is 0. The van der Waals surface area contributed by atoms with Crippen molar-refractivity contribution in [3.05, 3.63) is 12.3 Å². The highest BCUT2D eigenvalue weighted by molar-refractivity contribution is 5.42. The molecule has 2 rings (SSSR count). The predicted octanol–water partition coefficient (Wildman–Crippen LogP) is 1.32. The van der Waals surface area contributed by atoms with E-state index in [2.05, 4.69) is 33.9 Å². The molecule has 1 fully saturated rings. The van der Waals surface area contributed by atoms with Gasteiger partial charge in [0.05, 0.1) is 0 Å². The highest BCUT2D eigenvalue weighted by Crippen LogP contribution is 2.20. The third kappa shape index (κ3) is 3.80. The van der Waals surface area contributed by atoms with Crippen LogP contribution < -0.4 is 9.80 Å². The number of likely N-dealkylation sites (tertiary alicyclic amines) is 1. The van der Waals surface area contributed by atoms with Crippen LogP contribution >= 0.6 is 0 Å². The Labute approximate surface area is 116 Å². The largest absolute Gasteiger partial charge is 0.359 e. The lowest BCUT2D eigenvalue weighted by atomic mass is 9.97. The topological polar surface area (TPSA) is 35.5 Å². The zero-order chi connectivity index (χ0) is 13.8. The van der Waals surface area contributed by atoms with E-state index < -0.39 is 0 Å². The molecule has 1 aliphatic rings. The zero-order valence-electron chi connectivity index (χ0n) is 12.5. The van der Waals surface area contributed by atoms with E-state index in [0.717, 1.165) is 24.2 Å². The van der Waals surface area contributed by atoms with Crippen LogP contribution in [0.2, 0.25) is 0 Å². The van der Waals surface area contributed by atoms with Crippen LogP contribution in [0.15, 0.2) is 12.3 Å². The first-order valence-corrected chi connectivity index (χ1v) is 6.96.